The molecule has 0 aliphatic carbocycles. The van der Waals surface area contributed by atoms with E-state index in [9.17, 15) is 17.6 Å². The molecule has 9 heteroatoms. The molecule has 0 amide bonds. The highest BCUT2D eigenvalue weighted by Gasteiger charge is 2.30. The predicted molar refractivity (Wildman–Crippen MR) is 74.6 cm³/mol. The first-order valence-electron chi connectivity index (χ1n) is 4.89. The maximum Gasteiger partial charge on any atom is 0.573 e. The van der Waals surface area contributed by atoms with Gasteiger partial charge < -0.3 is 15.8 Å². The van der Waals surface area contributed by atoms with Crippen LogP contribution < -0.4 is 15.8 Å². The summed E-state index contributed by atoms with van der Waals surface area (Å²) in [6.45, 7) is -0.713. The third-order valence-electron chi connectivity index (χ3n) is 1.73. The van der Waals surface area contributed by atoms with Gasteiger partial charge >= 0.3 is 6.36 Å². The first-order valence-corrected chi connectivity index (χ1v) is 4.89. The van der Waals surface area contributed by atoms with E-state index < -0.39 is 13.0 Å². The van der Waals surface area contributed by atoms with Crippen LogP contribution in [0, 0.1) is 0 Å². The first kappa shape index (κ1) is 17.7. The highest BCUT2D eigenvalue weighted by atomic mass is 127. The van der Waals surface area contributed by atoms with Crippen molar-refractivity contribution in [2.45, 2.75) is 6.36 Å². The van der Waals surface area contributed by atoms with E-state index in [2.05, 4.69) is 15.0 Å². The van der Waals surface area contributed by atoms with Crippen molar-refractivity contribution in [2.24, 2.45) is 10.7 Å². The molecule has 0 heterocycles. The van der Waals surface area contributed by atoms with Gasteiger partial charge in [-0.15, -0.1) is 37.1 Å². The van der Waals surface area contributed by atoms with E-state index in [0.29, 0.717) is 5.69 Å². The maximum absolute atomic E-state index is 11.9. The van der Waals surface area contributed by atoms with Gasteiger partial charge in [0.25, 0.3) is 0 Å². The maximum atomic E-state index is 11.9. The van der Waals surface area contributed by atoms with Crippen LogP contribution in [-0.4, -0.2) is 25.5 Å². The summed E-state index contributed by atoms with van der Waals surface area (Å²) in [4.78, 5) is 3.62. The van der Waals surface area contributed by atoms with Gasteiger partial charge in [0.05, 0.1) is 6.54 Å². The fraction of sp³-hybridized carbons (Fsp3) is 0.300. The molecular weight excluding hydrogens is 381 g/mol. The molecule has 1 aromatic rings. The summed E-state index contributed by atoms with van der Waals surface area (Å²) in [5.74, 6) is -0.357. The van der Waals surface area contributed by atoms with Crippen LogP contribution in [0.1, 0.15) is 0 Å². The van der Waals surface area contributed by atoms with Crippen molar-refractivity contribution in [2.75, 3.05) is 18.5 Å². The zero-order valence-electron chi connectivity index (χ0n) is 9.58. The zero-order valence-corrected chi connectivity index (χ0v) is 11.9. The van der Waals surface area contributed by atoms with Crippen molar-refractivity contribution < 1.29 is 22.3 Å². The second kappa shape index (κ2) is 8.02. The number of aliphatic imine (C=N–C) groups is 1. The summed E-state index contributed by atoms with van der Waals surface area (Å²) < 4.78 is 51.1. The summed E-state index contributed by atoms with van der Waals surface area (Å²) >= 11 is 0. The fourth-order valence-electron chi connectivity index (χ4n) is 1.09. The van der Waals surface area contributed by atoms with E-state index in [1.165, 1.54) is 12.1 Å². The monoisotopic (exact) mass is 393 g/mol. The lowest BCUT2D eigenvalue weighted by Crippen LogP contribution is -2.23. The SMILES string of the molecule is I.NC(=NCCF)Nc1ccc(OC(F)(F)F)cc1. The highest BCUT2D eigenvalue weighted by Crippen LogP contribution is 2.23. The minimum absolute atomic E-state index is 0. The molecule has 108 valence electrons. The molecule has 0 fully saturated rings. The number of nitrogens with two attached hydrogens (primary N) is 1. The van der Waals surface area contributed by atoms with Crippen LogP contribution in [0.15, 0.2) is 29.3 Å². The molecule has 0 aliphatic heterocycles. The average Bonchev–Trinajstić information content (AvgIpc) is 2.27. The number of halogens is 5. The Morgan fingerprint density at radius 2 is 1.84 bits per heavy atom. The molecule has 4 nitrogen and oxygen atoms in total. The van der Waals surface area contributed by atoms with Crippen LogP contribution in [0.5, 0.6) is 5.75 Å². The molecule has 3 N–H and O–H groups in total. The van der Waals surface area contributed by atoms with E-state index >= 15 is 0 Å². The molecule has 0 saturated carbocycles. The van der Waals surface area contributed by atoms with E-state index in [4.69, 9.17) is 5.73 Å². The van der Waals surface area contributed by atoms with Gasteiger partial charge in [-0.2, -0.15) is 0 Å². The van der Waals surface area contributed by atoms with Gasteiger partial charge in [0.2, 0.25) is 0 Å². The number of hydrogen-bond donors (Lipinski definition) is 2. The topological polar surface area (TPSA) is 59.6 Å². The zero-order chi connectivity index (χ0) is 13.6. The van der Waals surface area contributed by atoms with Crippen LogP contribution in [0.2, 0.25) is 0 Å². The van der Waals surface area contributed by atoms with Gasteiger partial charge in [-0.05, 0) is 24.3 Å². The van der Waals surface area contributed by atoms with Crippen LogP contribution >= 0.6 is 24.0 Å². The fourth-order valence-corrected chi connectivity index (χ4v) is 1.09. The minimum atomic E-state index is -4.73. The molecule has 0 saturated heterocycles. The van der Waals surface area contributed by atoms with Crippen molar-refractivity contribution in [1.29, 1.82) is 0 Å². The Bertz CT molecular complexity index is 408. The molecule has 0 aliphatic rings. The average molecular weight is 393 g/mol. The Morgan fingerprint density at radius 1 is 1.26 bits per heavy atom. The van der Waals surface area contributed by atoms with Gasteiger partial charge in [-0.3, -0.25) is 4.99 Å². The van der Waals surface area contributed by atoms with Gasteiger partial charge in [-0.1, -0.05) is 0 Å². The second-order valence-electron chi connectivity index (χ2n) is 3.15. The lowest BCUT2D eigenvalue weighted by molar-refractivity contribution is -0.274. The van der Waals surface area contributed by atoms with Crippen LogP contribution in [0.3, 0.4) is 0 Å². The van der Waals surface area contributed by atoms with Gasteiger partial charge in [0.1, 0.15) is 12.4 Å². The van der Waals surface area contributed by atoms with Gasteiger partial charge in [0, 0.05) is 5.69 Å². The van der Waals surface area contributed by atoms with E-state index in [0.717, 1.165) is 12.1 Å². The van der Waals surface area contributed by atoms with E-state index in [-0.39, 0.29) is 42.2 Å². The molecule has 1 aromatic carbocycles. The minimum Gasteiger partial charge on any atom is -0.406 e. The van der Waals surface area contributed by atoms with Crippen molar-refractivity contribution in [3.05, 3.63) is 24.3 Å². The highest BCUT2D eigenvalue weighted by molar-refractivity contribution is 14.0. The smallest absolute Gasteiger partial charge is 0.406 e. The largest absolute Gasteiger partial charge is 0.573 e. The number of rotatable bonds is 4. The molecule has 1 rings (SSSR count). The Hall–Kier alpha value is -1.26. The third-order valence-corrected chi connectivity index (χ3v) is 1.73. The normalized spacial score (nSPS) is 11.7. The number of ether oxygens (including phenoxy) is 1. The Kier molecular flexibility index (Phi) is 7.49. The lowest BCUT2D eigenvalue weighted by Gasteiger charge is -2.10. The second-order valence-corrected chi connectivity index (χ2v) is 3.15. The number of hydrogen-bond acceptors (Lipinski definition) is 2. The predicted octanol–water partition coefficient (Wildman–Crippen LogP) is 2.90. The summed E-state index contributed by atoms with van der Waals surface area (Å²) in [5.41, 5.74) is 5.81. The van der Waals surface area contributed by atoms with Crippen LogP contribution in [0.4, 0.5) is 23.2 Å². The van der Waals surface area contributed by atoms with Crippen molar-refractivity contribution >= 4 is 35.6 Å². The molecule has 0 spiro atoms. The molecule has 0 radical (unpaired) electrons. The number of nitrogens with one attached hydrogen (secondary N) is 1. The Labute approximate surface area is 124 Å². The third kappa shape index (κ3) is 7.70. The quantitative estimate of drug-likeness (QED) is 0.358. The number of anilines is 1. The van der Waals surface area contributed by atoms with Crippen LogP contribution in [0.25, 0.3) is 0 Å². The van der Waals surface area contributed by atoms with Crippen LogP contribution in [-0.2, 0) is 0 Å². The molecular formula is C10H12F4IN3O. The lowest BCUT2D eigenvalue weighted by atomic mass is 10.3. The van der Waals surface area contributed by atoms with Gasteiger partial charge in [0.15, 0.2) is 5.96 Å². The first-order chi connectivity index (χ1) is 8.40. The van der Waals surface area contributed by atoms with Crippen molar-refractivity contribution in [3.63, 3.8) is 0 Å². The number of nitrogens with zero attached hydrogens (tertiary/aromatic N) is 1. The molecule has 0 bridgehead atoms. The number of benzene rings is 1. The number of guanidine groups is 1. The standard InChI is InChI=1S/C10H11F4N3O.HI/c11-5-6-16-9(15)17-7-1-3-8(4-2-7)18-10(12,13)14;/h1-4H,5-6H2,(H3,15,16,17);1H. The molecule has 0 unspecified atom stereocenters. The molecule has 19 heavy (non-hydrogen) atoms. The van der Waals surface area contributed by atoms with Gasteiger partial charge in [-0.25, -0.2) is 4.39 Å². The Balaban J connectivity index is 0.00000324. The van der Waals surface area contributed by atoms with E-state index in [1.807, 2.05) is 0 Å². The Morgan fingerprint density at radius 3 is 2.32 bits per heavy atom. The summed E-state index contributed by atoms with van der Waals surface area (Å²) in [5, 5.41) is 2.59. The summed E-state index contributed by atoms with van der Waals surface area (Å²) in [7, 11) is 0. The van der Waals surface area contributed by atoms with Crippen molar-refractivity contribution in [1.82, 2.24) is 0 Å². The van der Waals surface area contributed by atoms with Crippen molar-refractivity contribution in [3.8, 4) is 5.75 Å². The van der Waals surface area contributed by atoms with E-state index in [1.54, 1.807) is 0 Å². The molecule has 0 atom stereocenters. The summed E-state index contributed by atoms with van der Waals surface area (Å²) in [6, 6.07) is 4.91. The number of alkyl halides is 4. The molecule has 0 aromatic heterocycles. The summed E-state index contributed by atoms with van der Waals surface area (Å²) in [6.07, 6.45) is -4.73.